The Bertz CT molecular complexity index is 534. The van der Waals surface area contributed by atoms with Crippen LogP contribution in [-0.2, 0) is 11.3 Å². The average molecular weight is 323 g/mol. The molecule has 23 heavy (non-hydrogen) atoms. The van der Waals surface area contributed by atoms with Crippen LogP contribution < -0.4 is 20.1 Å². The normalized spacial score (nSPS) is 10.3. The number of likely N-dealkylation sites (N-methyl/N-ethyl adjacent to an activating group) is 1. The summed E-state index contributed by atoms with van der Waals surface area (Å²) in [5.41, 5.74) is 1.000. The van der Waals surface area contributed by atoms with Gasteiger partial charge in [0, 0.05) is 13.6 Å². The average Bonchev–Trinajstić information content (AvgIpc) is 2.55. The maximum Gasteiger partial charge on any atom is 0.321 e. The number of carbonyl (C=O) groups is 2. The summed E-state index contributed by atoms with van der Waals surface area (Å²) in [7, 11) is 3.06. The molecule has 1 aromatic carbocycles. The van der Waals surface area contributed by atoms with Gasteiger partial charge in [0.15, 0.2) is 11.5 Å². The van der Waals surface area contributed by atoms with Gasteiger partial charge in [0.25, 0.3) is 0 Å². The first-order valence-electron chi connectivity index (χ1n) is 7.57. The molecule has 7 heteroatoms. The van der Waals surface area contributed by atoms with E-state index in [-0.39, 0.29) is 12.5 Å². The molecule has 3 amide bonds. The van der Waals surface area contributed by atoms with Gasteiger partial charge in [0.2, 0.25) is 5.91 Å². The Labute approximate surface area is 136 Å². The highest BCUT2D eigenvalue weighted by atomic mass is 16.5. The molecule has 0 heterocycles. The number of nitrogens with one attached hydrogen (secondary N) is 2. The Kier molecular flexibility index (Phi) is 7.90. The molecular formula is C16H25N3O4. The van der Waals surface area contributed by atoms with Crippen LogP contribution in [0.4, 0.5) is 4.79 Å². The molecule has 0 aliphatic carbocycles. The lowest BCUT2D eigenvalue weighted by Crippen LogP contribution is -2.43. The van der Waals surface area contributed by atoms with E-state index in [1.165, 1.54) is 7.05 Å². The fourth-order valence-electron chi connectivity index (χ4n) is 2.05. The van der Waals surface area contributed by atoms with Gasteiger partial charge in [0.1, 0.15) is 0 Å². The van der Waals surface area contributed by atoms with E-state index >= 15 is 0 Å². The number of rotatable bonds is 8. The molecule has 0 aliphatic rings. The SMILES string of the molecule is CCOc1ccc(CN(CC)CC(=O)NC(=O)NC)cc1OC. The molecule has 7 nitrogen and oxygen atoms in total. The summed E-state index contributed by atoms with van der Waals surface area (Å²) in [6.07, 6.45) is 0. The lowest BCUT2D eigenvalue weighted by molar-refractivity contribution is -0.121. The zero-order chi connectivity index (χ0) is 17.2. The van der Waals surface area contributed by atoms with Crippen molar-refractivity contribution in [3.05, 3.63) is 23.8 Å². The fourth-order valence-corrected chi connectivity index (χ4v) is 2.05. The van der Waals surface area contributed by atoms with Crippen molar-refractivity contribution in [1.82, 2.24) is 15.5 Å². The summed E-state index contributed by atoms with van der Waals surface area (Å²) in [6.45, 7) is 5.82. The first-order chi connectivity index (χ1) is 11.0. The standard InChI is InChI=1S/C16H25N3O4/c1-5-19(11-15(20)18-16(21)17-3)10-12-7-8-13(23-6-2)14(9-12)22-4/h7-9H,5-6,10-11H2,1-4H3,(H2,17,18,20,21). The third kappa shape index (κ3) is 6.15. The van der Waals surface area contributed by atoms with Gasteiger partial charge in [-0.15, -0.1) is 0 Å². The monoisotopic (exact) mass is 323 g/mol. The van der Waals surface area contributed by atoms with Crippen LogP contribution in [0.2, 0.25) is 0 Å². The van der Waals surface area contributed by atoms with E-state index in [1.54, 1.807) is 7.11 Å². The van der Waals surface area contributed by atoms with Crippen LogP contribution in [0.5, 0.6) is 11.5 Å². The number of hydrogen-bond acceptors (Lipinski definition) is 5. The molecule has 2 N–H and O–H groups in total. The molecule has 0 unspecified atom stereocenters. The number of methoxy groups -OCH3 is 1. The number of urea groups is 1. The van der Waals surface area contributed by atoms with Crippen molar-refractivity contribution < 1.29 is 19.1 Å². The Morgan fingerprint density at radius 1 is 1.22 bits per heavy atom. The molecule has 0 atom stereocenters. The minimum atomic E-state index is -0.506. The van der Waals surface area contributed by atoms with E-state index in [1.807, 2.05) is 36.9 Å². The van der Waals surface area contributed by atoms with Gasteiger partial charge in [-0.25, -0.2) is 4.79 Å². The van der Waals surface area contributed by atoms with Crippen molar-refractivity contribution in [2.45, 2.75) is 20.4 Å². The first-order valence-corrected chi connectivity index (χ1v) is 7.57. The molecule has 1 rings (SSSR count). The minimum absolute atomic E-state index is 0.138. The Balaban J connectivity index is 2.71. The van der Waals surface area contributed by atoms with E-state index in [0.717, 1.165) is 5.56 Å². The topological polar surface area (TPSA) is 79.9 Å². The molecule has 0 saturated carbocycles. The van der Waals surface area contributed by atoms with Crippen LogP contribution >= 0.6 is 0 Å². The molecule has 0 bridgehead atoms. The first kappa shape index (κ1) is 18.8. The molecule has 128 valence electrons. The second kappa shape index (κ2) is 9.68. The van der Waals surface area contributed by atoms with Crippen molar-refractivity contribution in [3.63, 3.8) is 0 Å². The van der Waals surface area contributed by atoms with E-state index in [4.69, 9.17) is 9.47 Å². The van der Waals surface area contributed by atoms with Crippen LogP contribution in [0.1, 0.15) is 19.4 Å². The van der Waals surface area contributed by atoms with Crippen molar-refractivity contribution in [2.24, 2.45) is 0 Å². The summed E-state index contributed by atoms with van der Waals surface area (Å²) in [4.78, 5) is 24.8. The predicted octanol–water partition coefficient (Wildman–Crippen LogP) is 1.37. The highest BCUT2D eigenvalue weighted by Crippen LogP contribution is 2.28. The van der Waals surface area contributed by atoms with Crippen LogP contribution in [0.3, 0.4) is 0 Å². The van der Waals surface area contributed by atoms with E-state index in [2.05, 4.69) is 10.6 Å². The molecule has 0 radical (unpaired) electrons. The minimum Gasteiger partial charge on any atom is -0.493 e. The predicted molar refractivity (Wildman–Crippen MR) is 87.7 cm³/mol. The summed E-state index contributed by atoms with van der Waals surface area (Å²) in [5, 5.41) is 4.60. The largest absolute Gasteiger partial charge is 0.493 e. The van der Waals surface area contributed by atoms with Crippen LogP contribution in [-0.4, -0.2) is 50.7 Å². The Morgan fingerprint density at radius 3 is 2.52 bits per heavy atom. The fraction of sp³-hybridized carbons (Fsp3) is 0.500. The van der Waals surface area contributed by atoms with Crippen molar-refractivity contribution in [2.75, 3.05) is 33.9 Å². The molecule has 0 spiro atoms. The zero-order valence-electron chi connectivity index (χ0n) is 14.1. The van der Waals surface area contributed by atoms with Gasteiger partial charge in [-0.2, -0.15) is 0 Å². The van der Waals surface area contributed by atoms with Gasteiger partial charge in [-0.3, -0.25) is 15.0 Å². The Morgan fingerprint density at radius 2 is 1.96 bits per heavy atom. The summed E-state index contributed by atoms with van der Waals surface area (Å²) < 4.78 is 10.8. The van der Waals surface area contributed by atoms with Crippen molar-refractivity contribution in [3.8, 4) is 11.5 Å². The third-order valence-electron chi connectivity index (χ3n) is 3.23. The highest BCUT2D eigenvalue weighted by molar-refractivity contribution is 5.95. The molecule has 0 aliphatic heterocycles. The van der Waals surface area contributed by atoms with Crippen LogP contribution in [0.15, 0.2) is 18.2 Å². The maximum absolute atomic E-state index is 11.8. The van der Waals surface area contributed by atoms with Crippen molar-refractivity contribution in [1.29, 1.82) is 0 Å². The number of benzene rings is 1. The molecule has 0 aromatic heterocycles. The van der Waals surface area contributed by atoms with E-state index in [0.29, 0.717) is 31.2 Å². The molecular weight excluding hydrogens is 298 g/mol. The molecule has 0 fully saturated rings. The smallest absolute Gasteiger partial charge is 0.321 e. The van der Waals surface area contributed by atoms with Gasteiger partial charge in [-0.1, -0.05) is 13.0 Å². The van der Waals surface area contributed by atoms with Crippen LogP contribution in [0.25, 0.3) is 0 Å². The van der Waals surface area contributed by atoms with Gasteiger partial charge in [-0.05, 0) is 31.2 Å². The summed E-state index contributed by atoms with van der Waals surface area (Å²) >= 11 is 0. The van der Waals surface area contributed by atoms with Gasteiger partial charge in [0.05, 0.1) is 20.3 Å². The Hall–Kier alpha value is -2.28. The lowest BCUT2D eigenvalue weighted by Gasteiger charge is -2.20. The van der Waals surface area contributed by atoms with E-state index in [9.17, 15) is 9.59 Å². The second-order valence-corrected chi connectivity index (χ2v) is 4.85. The third-order valence-corrected chi connectivity index (χ3v) is 3.23. The van der Waals surface area contributed by atoms with Crippen molar-refractivity contribution >= 4 is 11.9 Å². The molecule has 1 aromatic rings. The summed E-state index contributed by atoms with van der Waals surface area (Å²) in [5.74, 6) is 1.01. The number of ether oxygens (including phenoxy) is 2. The highest BCUT2D eigenvalue weighted by Gasteiger charge is 2.13. The number of imide groups is 1. The van der Waals surface area contributed by atoms with Gasteiger partial charge >= 0.3 is 6.03 Å². The second-order valence-electron chi connectivity index (χ2n) is 4.85. The quantitative estimate of drug-likeness (QED) is 0.755. The number of carbonyl (C=O) groups excluding carboxylic acids is 2. The molecule has 0 saturated heterocycles. The lowest BCUT2D eigenvalue weighted by atomic mass is 10.2. The van der Waals surface area contributed by atoms with Crippen LogP contribution in [0, 0.1) is 0 Å². The maximum atomic E-state index is 11.8. The number of nitrogens with zero attached hydrogens (tertiary/aromatic N) is 1. The number of amides is 3. The van der Waals surface area contributed by atoms with Gasteiger partial charge < -0.3 is 14.8 Å². The zero-order valence-corrected chi connectivity index (χ0v) is 14.1. The number of hydrogen-bond donors (Lipinski definition) is 2. The summed E-state index contributed by atoms with van der Waals surface area (Å²) in [6, 6.07) is 5.18. The van der Waals surface area contributed by atoms with E-state index < -0.39 is 6.03 Å².